The van der Waals surface area contributed by atoms with Gasteiger partial charge in [0.25, 0.3) is 11.7 Å². The van der Waals surface area contributed by atoms with Crippen LogP contribution in [0.5, 0.6) is 0 Å². The number of carbonyl (C=O) groups excluding carboxylic acids is 2. The van der Waals surface area contributed by atoms with Gasteiger partial charge in [0.2, 0.25) is 11.8 Å². The highest BCUT2D eigenvalue weighted by atomic mass is 16.5. The fourth-order valence-electron chi connectivity index (χ4n) is 2.35. The number of hydrogen-bond acceptors (Lipinski definition) is 6. The van der Waals surface area contributed by atoms with Crippen LogP contribution in [0.15, 0.2) is 4.52 Å². The molecule has 0 saturated carbocycles. The van der Waals surface area contributed by atoms with Crippen molar-refractivity contribution in [2.24, 2.45) is 5.92 Å². The van der Waals surface area contributed by atoms with Crippen LogP contribution >= 0.6 is 0 Å². The minimum Gasteiger partial charge on any atom is -0.359 e. The number of hydrogen-bond donors (Lipinski definition) is 2. The molecule has 8 nitrogen and oxygen atoms in total. The molecular weight excluding hydrogens is 274 g/mol. The van der Waals surface area contributed by atoms with E-state index in [1.165, 1.54) is 4.90 Å². The second-order valence-electron chi connectivity index (χ2n) is 5.31. The van der Waals surface area contributed by atoms with Crippen LogP contribution in [0.4, 0.5) is 0 Å². The molecule has 2 heterocycles. The second-order valence-corrected chi connectivity index (χ2v) is 5.31. The van der Waals surface area contributed by atoms with E-state index in [2.05, 4.69) is 20.8 Å². The number of nitrogens with one attached hydrogen (secondary N) is 2. The quantitative estimate of drug-likeness (QED) is 0.790. The van der Waals surface area contributed by atoms with Crippen LogP contribution in [0.25, 0.3) is 0 Å². The first-order chi connectivity index (χ1) is 10.0. The lowest BCUT2D eigenvalue weighted by atomic mass is 10.1. The third kappa shape index (κ3) is 3.57. The van der Waals surface area contributed by atoms with Crippen molar-refractivity contribution in [2.75, 3.05) is 27.2 Å². The van der Waals surface area contributed by atoms with Crippen molar-refractivity contribution in [3.8, 4) is 0 Å². The second kappa shape index (κ2) is 6.66. The zero-order valence-electron chi connectivity index (χ0n) is 12.5. The Morgan fingerprint density at radius 2 is 2.33 bits per heavy atom. The Labute approximate surface area is 123 Å². The molecule has 1 aliphatic rings. The Bertz CT molecular complexity index is 510. The normalized spacial score (nSPS) is 19.3. The van der Waals surface area contributed by atoms with Crippen molar-refractivity contribution in [2.45, 2.75) is 25.8 Å². The largest absolute Gasteiger partial charge is 0.359 e. The highest BCUT2D eigenvalue weighted by molar-refractivity contribution is 5.90. The summed E-state index contributed by atoms with van der Waals surface area (Å²) in [5.74, 6) is -0.280. The van der Waals surface area contributed by atoms with Gasteiger partial charge in [-0.15, -0.1) is 0 Å². The van der Waals surface area contributed by atoms with Crippen LogP contribution in [0.2, 0.25) is 0 Å². The van der Waals surface area contributed by atoms with Gasteiger partial charge in [-0.1, -0.05) is 12.1 Å². The fraction of sp³-hybridized carbons (Fsp3) is 0.692. The van der Waals surface area contributed by atoms with Crippen molar-refractivity contribution < 1.29 is 14.1 Å². The zero-order valence-corrected chi connectivity index (χ0v) is 12.5. The molecule has 2 unspecified atom stereocenters. The zero-order chi connectivity index (χ0) is 15.4. The summed E-state index contributed by atoms with van der Waals surface area (Å²) in [5, 5.41) is 9.53. The number of rotatable bonds is 5. The number of carbonyl (C=O) groups is 2. The maximum Gasteiger partial charge on any atom is 0.295 e. The van der Waals surface area contributed by atoms with Gasteiger partial charge in [-0.3, -0.25) is 9.59 Å². The van der Waals surface area contributed by atoms with Crippen LogP contribution < -0.4 is 10.6 Å². The molecule has 1 aromatic rings. The first-order valence-electron chi connectivity index (χ1n) is 7.07. The monoisotopic (exact) mass is 295 g/mol. The van der Waals surface area contributed by atoms with Crippen molar-refractivity contribution in [3.05, 3.63) is 11.7 Å². The van der Waals surface area contributed by atoms with Gasteiger partial charge in [0, 0.05) is 20.6 Å². The summed E-state index contributed by atoms with van der Waals surface area (Å²) in [7, 11) is 3.19. The van der Waals surface area contributed by atoms with Crippen LogP contribution in [0, 0.1) is 5.92 Å². The Hall–Kier alpha value is -1.96. The van der Waals surface area contributed by atoms with Crippen molar-refractivity contribution in [3.63, 3.8) is 0 Å². The topological polar surface area (TPSA) is 100 Å². The fourth-order valence-corrected chi connectivity index (χ4v) is 2.35. The average molecular weight is 295 g/mol. The van der Waals surface area contributed by atoms with E-state index in [1.807, 2.05) is 0 Å². The minimum absolute atomic E-state index is 0.0327. The van der Waals surface area contributed by atoms with Gasteiger partial charge in [-0.25, -0.2) is 0 Å². The first kappa shape index (κ1) is 15.4. The maximum atomic E-state index is 12.2. The van der Waals surface area contributed by atoms with Gasteiger partial charge in [0.15, 0.2) is 0 Å². The molecule has 8 heteroatoms. The third-order valence-corrected chi connectivity index (χ3v) is 3.58. The lowest BCUT2D eigenvalue weighted by molar-refractivity contribution is -0.124. The van der Waals surface area contributed by atoms with Crippen molar-refractivity contribution >= 4 is 11.8 Å². The summed E-state index contributed by atoms with van der Waals surface area (Å²) in [6.07, 6.45) is 1.99. The van der Waals surface area contributed by atoms with E-state index in [0.717, 1.165) is 19.4 Å². The molecule has 0 spiro atoms. The molecule has 2 N–H and O–H groups in total. The molecule has 21 heavy (non-hydrogen) atoms. The van der Waals surface area contributed by atoms with Gasteiger partial charge in [0.1, 0.15) is 0 Å². The molecule has 0 aliphatic carbocycles. The summed E-state index contributed by atoms with van der Waals surface area (Å²) in [6.45, 7) is 2.97. The smallest absolute Gasteiger partial charge is 0.295 e. The molecule has 116 valence electrons. The Morgan fingerprint density at radius 1 is 1.57 bits per heavy atom. The van der Waals surface area contributed by atoms with E-state index in [9.17, 15) is 9.59 Å². The SMILES string of the molecule is CNC(=O)C(C)CN(C)C(=O)c1noc(C2CCCN2)n1. The Kier molecular flexibility index (Phi) is 4.89. The number of nitrogens with zero attached hydrogens (tertiary/aromatic N) is 3. The van der Waals surface area contributed by atoms with E-state index < -0.39 is 0 Å². The molecule has 0 aromatic carbocycles. The predicted molar refractivity (Wildman–Crippen MR) is 74.5 cm³/mol. The standard InChI is InChI=1S/C13H21N5O3/c1-8(11(19)14-2)7-18(3)13(20)10-16-12(21-17-10)9-5-4-6-15-9/h8-9,15H,4-7H2,1-3H3,(H,14,19). The lowest BCUT2D eigenvalue weighted by Gasteiger charge is -2.19. The summed E-state index contributed by atoms with van der Waals surface area (Å²) in [4.78, 5) is 29.3. The van der Waals surface area contributed by atoms with Crippen molar-refractivity contribution in [1.82, 2.24) is 25.7 Å². The average Bonchev–Trinajstić information content (AvgIpc) is 3.15. The van der Waals surface area contributed by atoms with Gasteiger partial charge in [-0.05, 0) is 19.4 Å². The molecule has 2 amide bonds. The van der Waals surface area contributed by atoms with Gasteiger partial charge in [-0.2, -0.15) is 4.98 Å². The summed E-state index contributed by atoms with van der Waals surface area (Å²) in [6, 6.07) is 0.0362. The predicted octanol–water partition coefficient (Wildman–Crippen LogP) is -0.0518. The van der Waals surface area contributed by atoms with Crippen LogP contribution in [0.1, 0.15) is 42.3 Å². The highest BCUT2D eigenvalue weighted by Crippen LogP contribution is 2.21. The van der Waals surface area contributed by atoms with Crippen LogP contribution in [0.3, 0.4) is 0 Å². The molecule has 1 fully saturated rings. The highest BCUT2D eigenvalue weighted by Gasteiger charge is 2.26. The van der Waals surface area contributed by atoms with Crippen LogP contribution in [-0.4, -0.2) is 54.0 Å². The van der Waals surface area contributed by atoms with E-state index >= 15 is 0 Å². The first-order valence-corrected chi connectivity index (χ1v) is 7.07. The van der Waals surface area contributed by atoms with Crippen molar-refractivity contribution in [1.29, 1.82) is 0 Å². The van der Waals surface area contributed by atoms with Crippen LogP contribution in [-0.2, 0) is 4.79 Å². The Balaban J connectivity index is 1.97. The Morgan fingerprint density at radius 3 is 2.95 bits per heavy atom. The molecule has 0 bridgehead atoms. The molecular formula is C13H21N5O3. The van der Waals surface area contributed by atoms with E-state index in [0.29, 0.717) is 12.4 Å². The van der Waals surface area contributed by atoms with Gasteiger partial charge < -0.3 is 20.1 Å². The molecule has 1 aliphatic heterocycles. The summed E-state index contributed by atoms with van der Waals surface area (Å²) >= 11 is 0. The van der Waals surface area contributed by atoms with E-state index in [1.54, 1.807) is 21.0 Å². The molecule has 2 rings (SSSR count). The molecule has 2 atom stereocenters. The number of aromatic nitrogens is 2. The van der Waals surface area contributed by atoms with E-state index in [-0.39, 0.29) is 29.6 Å². The van der Waals surface area contributed by atoms with Gasteiger partial charge in [0.05, 0.1) is 12.0 Å². The minimum atomic E-state index is -0.348. The van der Waals surface area contributed by atoms with Gasteiger partial charge >= 0.3 is 0 Å². The van der Waals surface area contributed by atoms with E-state index in [4.69, 9.17) is 4.52 Å². The molecule has 0 radical (unpaired) electrons. The summed E-state index contributed by atoms with van der Waals surface area (Å²) < 4.78 is 5.14. The lowest BCUT2D eigenvalue weighted by Crippen LogP contribution is -2.37. The molecule has 1 aromatic heterocycles. The third-order valence-electron chi connectivity index (χ3n) is 3.58. The molecule has 1 saturated heterocycles. The maximum absolute atomic E-state index is 12.2. The summed E-state index contributed by atoms with van der Waals surface area (Å²) in [5.41, 5.74) is 0. The number of amides is 2.